The van der Waals surface area contributed by atoms with Crippen LogP contribution in [0.5, 0.6) is 0 Å². The summed E-state index contributed by atoms with van der Waals surface area (Å²) in [6.07, 6.45) is 1.32. The molecule has 82 valence electrons. The molecule has 1 rings (SSSR count). The Balaban J connectivity index is 2.22. The highest BCUT2D eigenvalue weighted by molar-refractivity contribution is 9.10. The number of carbonyl (C=O) groups is 2. The Labute approximate surface area is 95.3 Å². The topological polar surface area (TPSA) is 71.3 Å². The number of nitrogens with one attached hydrogen (secondary N) is 2. The molecule has 6 heteroatoms. The van der Waals surface area contributed by atoms with Crippen molar-refractivity contribution in [2.45, 2.75) is 6.42 Å². The predicted molar refractivity (Wildman–Crippen MR) is 57.4 cm³/mol. The molecule has 5 nitrogen and oxygen atoms in total. The molecule has 0 spiro atoms. The molecule has 0 atom stereocenters. The fourth-order valence-electron chi connectivity index (χ4n) is 0.975. The van der Waals surface area contributed by atoms with Gasteiger partial charge in [0.05, 0.1) is 0 Å². The van der Waals surface area contributed by atoms with E-state index in [1.54, 1.807) is 12.1 Å². The largest absolute Gasteiger partial charge is 0.444 e. The molecule has 0 aliphatic rings. The van der Waals surface area contributed by atoms with E-state index in [0.29, 0.717) is 30.6 Å². The first-order chi connectivity index (χ1) is 7.24. The number of hydrogen-bond donors (Lipinski definition) is 2. The minimum Gasteiger partial charge on any atom is -0.444 e. The van der Waals surface area contributed by atoms with Crippen LogP contribution in [0.15, 0.2) is 21.2 Å². The summed E-state index contributed by atoms with van der Waals surface area (Å²) in [6, 6.07) is 3.24. The van der Waals surface area contributed by atoms with Crippen molar-refractivity contribution in [3.05, 3.63) is 22.6 Å². The van der Waals surface area contributed by atoms with E-state index in [0.717, 1.165) is 0 Å². The first-order valence-corrected chi connectivity index (χ1v) is 5.24. The molecule has 0 aliphatic carbocycles. The predicted octanol–water partition coefficient (Wildman–Crippen LogP) is 0.908. The molecular weight excluding hydrogens is 264 g/mol. The smallest absolute Gasteiger partial charge is 0.287 e. The molecule has 1 heterocycles. The molecule has 0 aliphatic heterocycles. The average Bonchev–Trinajstić information content (AvgIpc) is 2.64. The summed E-state index contributed by atoms with van der Waals surface area (Å²) in [5.74, 6) is 0.0111. The van der Waals surface area contributed by atoms with Gasteiger partial charge in [-0.25, -0.2) is 0 Å². The number of rotatable bonds is 6. The quantitative estimate of drug-likeness (QED) is 0.598. The molecule has 0 saturated carbocycles. The van der Waals surface area contributed by atoms with E-state index in [1.807, 2.05) is 0 Å². The van der Waals surface area contributed by atoms with Gasteiger partial charge in [0.25, 0.3) is 5.91 Å². The molecular formula is C9H11BrN2O3. The van der Waals surface area contributed by atoms with E-state index in [-0.39, 0.29) is 11.7 Å². The van der Waals surface area contributed by atoms with Crippen LogP contribution in [-0.4, -0.2) is 25.4 Å². The van der Waals surface area contributed by atoms with Crippen LogP contribution in [-0.2, 0) is 4.79 Å². The fourth-order valence-corrected chi connectivity index (χ4v) is 1.28. The molecule has 0 radical (unpaired) electrons. The first kappa shape index (κ1) is 11.8. The Morgan fingerprint density at radius 3 is 2.87 bits per heavy atom. The number of halogens is 1. The van der Waals surface area contributed by atoms with Gasteiger partial charge in [0, 0.05) is 13.1 Å². The zero-order chi connectivity index (χ0) is 11.1. The fraction of sp³-hybridized carbons (Fsp3) is 0.333. The second-order valence-corrected chi connectivity index (χ2v) is 3.57. The number of hydrogen-bond acceptors (Lipinski definition) is 3. The molecule has 0 fully saturated rings. The SMILES string of the molecule is O=CNCCCNC(=O)c1ccc(Br)o1. The third kappa shape index (κ3) is 4.16. The van der Waals surface area contributed by atoms with Gasteiger partial charge in [-0.05, 0) is 34.5 Å². The Kier molecular flexibility index (Phi) is 4.89. The summed E-state index contributed by atoms with van der Waals surface area (Å²) in [5.41, 5.74) is 0. The van der Waals surface area contributed by atoms with Gasteiger partial charge >= 0.3 is 0 Å². The van der Waals surface area contributed by atoms with Crippen LogP contribution in [0.3, 0.4) is 0 Å². The zero-order valence-corrected chi connectivity index (χ0v) is 9.54. The number of carbonyl (C=O) groups excluding carboxylic acids is 2. The van der Waals surface area contributed by atoms with Crippen molar-refractivity contribution >= 4 is 28.2 Å². The van der Waals surface area contributed by atoms with Crippen LogP contribution < -0.4 is 10.6 Å². The highest BCUT2D eigenvalue weighted by Gasteiger charge is 2.08. The first-order valence-electron chi connectivity index (χ1n) is 4.44. The zero-order valence-electron chi connectivity index (χ0n) is 7.96. The molecule has 0 bridgehead atoms. The average molecular weight is 275 g/mol. The molecule has 15 heavy (non-hydrogen) atoms. The summed E-state index contributed by atoms with van der Waals surface area (Å²) >= 11 is 3.11. The van der Waals surface area contributed by atoms with Crippen molar-refractivity contribution in [3.8, 4) is 0 Å². The van der Waals surface area contributed by atoms with E-state index in [9.17, 15) is 9.59 Å². The monoisotopic (exact) mass is 274 g/mol. The maximum Gasteiger partial charge on any atom is 0.287 e. The lowest BCUT2D eigenvalue weighted by molar-refractivity contribution is -0.109. The Bertz CT molecular complexity index is 338. The summed E-state index contributed by atoms with van der Waals surface area (Å²) in [4.78, 5) is 21.3. The van der Waals surface area contributed by atoms with Crippen molar-refractivity contribution in [3.63, 3.8) is 0 Å². The van der Waals surface area contributed by atoms with Crippen LogP contribution in [0.4, 0.5) is 0 Å². The molecule has 2 N–H and O–H groups in total. The lowest BCUT2D eigenvalue weighted by atomic mass is 10.4. The van der Waals surface area contributed by atoms with Gasteiger partial charge < -0.3 is 15.1 Å². The van der Waals surface area contributed by atoms with Crippen LogP contribution in [0.2, 0.25) is 0 Å². The van der Waals surface area contributed by atoms with E-state index in [2.05, 4.69) is 26.6 Å². The van der Waals surface area contributed by atoms with Crippen molar-refractivity contribution in [2.75, 3.05) is 13.1 Å². The second-order valence-electron chi connectivity index (χ2n) is 2.79. The van der Waals surface area contributed by atoms with Gasteiger partial charge in [-0.3, -0.25) is 9.59 Å². The lowest BCUT2D eigenvalue weighted by Gasteiger charge is -2.01. The Hall–Kier alpha value is -1.30. The lowest BCUT2D eigenvalue weighted by Crippen LogP contribution is -2.26. The molecule has 1 aromatic rings. The van der Waals surface area contributed by atoms with Crippen molar-refractivity contribution in [2.24, 2.45) is 0 Å². The van der Waals surface area contributed by atoms with Crippen molar-refractivity contribution in [1.29, 1.82) is 0 Å². The number of furan rings is 1. The maximum atomic E-state index is 11.4. The van der Waals surface area contributed by atoms with Crippen LogP contribution in [0, 0.1) is 0 Å². The Morgan fingerprint density at radius 2 is 2.27 bits per heavy atom. The van der Waals surface area contributed by atoms with Crippen LogP contribution in [0.25, 0.3) is 0 Å². The minimum absolute atomic E-state index is 0.258. The van der Waals surface area contributed by atoms with Crippen LogP contribution in [0.1, 0.15) is 17.0 Å². The Morgan fingerprint density at radius 1 is 1.47 bits per heavy atom. The van der Waals surface area contributed by atoms with E-state index in [4.69, 9.17) is 4.42 Å². The van der Waals surface area contributed by atoms with Gasteiger partial charge in [-0.1, -0.05) is 0 Å². The summed E-state index contributed by atoms with van der Waals surface area (Å²) in [5, 5.41) is 5.16. The molecule has 1 aromatic heterocycles. The normalized spacial score (nSPS) is 9.67. The van der Waals surface area contributed by atoms with Gasteiger partial charge in [0.15, 0.2) is 10.4 Å². The molecule has 0 saturated heterocycles. The maximum absolute atomic E-state index is 11.4. The van der Waals surface area contributed by atoms with E-state index >= 15 is 0 Å². The minimum atomic E-state index is -0.258. The van der Waals surface area contributed by atoms with E-state index < -0.39 is 0 Å². The van der Waals surface area contributed by atoms with Gasteiger partial charge in [0.1, 0.15) is 0 Å². The summed E-state index contributed by atoms with van der Waals surface area (Å²) < 4.78 is 5.58. The molecule has 0 unspecified atom stereocenters. The summed E-state index contributed by atoms with van der Waals surface area (Å²) in [6.45, 7) is 1.05. The van der Waals surface area contributed by atoms with Gasteiger partial charge in [-0.15, -0.1) is 0 Å². The van der Waals surface area contributed by atoms with E-state index in [1.165, 1.54) is 0 Å². The standard InChI is InChI=1S/C9H11BrN2O3/c10-8-3-2-7(15-8)9(14)12-5-1-4-11-6-13/h2-3,6H,1,4-5H2,(H,11,13)(H,12,14). The molecule has 2 amide bonds. The third-order valence-corrected chi connectivity index (χ3v) is 2.09. The van der Waals surface area contributed by atoms with Gasteiger partial charge in [0.2, 0.25) is 6.41 Å². The number of amides is 2. The highest BCUT2D eigenvalue weighted by atomic mass is 79.9. The van der Waals surface area contributed by atoms with Crippen LogP contribution >= 0.6 is 15.9 Å². The molecule has 0 aromatic carbocycles. The second kappa shape index (κ2) is 6.23. The third-order valence-electron chi connectivity index (χ3n) is 1.66. The van der Waals surface area contributed by atoms with Crippen molar-refractivity contribution < 1.29 is 14.0 Å². The summed E-state index contributed by atoms with van der Waals surface area (Å²) in [7, 11) is 0. The highest BCUT2D eigenvalue weighted by Crippen LogP contribution is 2.13. The van der Waals surface area contributed by atoms with Crippen molar-refractivity contribution in [1.82, 2.24) is 10.6 Å². The van der Waals surface area contributed by atoms with Gasteiger partial charge in [-0.2, -0.15) is 0 Å².